The van der Waals surface area contributed by atoms with Crippen LogP contribution in [0, 0.1) is 0 Å². The maximum absolute atomic E-state index is 11.7. The highest BCUT2D eigenvalue weighted by Gasteiger charge is 2.02. The van der Waals surface area contributed by atoms with Crippen LogP contribution in [-0.2, 0) is 16.1 Å². The normalized spacial score (nSPS) is 12.0. The van der Waals surface area contributed by atoms with E-state index in [4.69, 9.17) is 4.74 Å². The Morgan fingerprint density at radius 2 is 1.31 bits per heavy atom. The van der Waals surface area contributed by atoms with Crippen LogP contribution in [0.4, 0.5) is 0 Å². The van der Waals surface area contributed by atoms with Crippen molar-refractivity contribution in [3.05, 3.63) is 84.5 Å². The Kier molecular flexibility index (Phi) is 16.2. The van der Waals surface area contributed by atoms with E-state index in [-0.39, 0.29) is 5.97 Å². The van der Waals surface area contributed by atoms with Crippen LogP contribution in [-0.4, -0.2) is 5.97 Å². The maximum atomic E-state index is 11.7. The first-order valence-corrected chi connectivity index (χ1v) is 11.1. The second-order valence-corrected chi connectivity index (χ2v) is 7.13. The molecule has 29 heavy (non-hydrogen) atoms. The highest BCUT2D eigenvalue weighted by molar-refractivity contribution is 5.69. The van der Waals surface area contributed by atoms with Crippen molar-refractivity contribution in [1.82, 2.24) is 0 Å². The molecule has 0 unspecified atom stereocenters. The van der Waals surface area contributed by atoms with E-state index < -0.39 is 0 Å². The van der Waals surface area contributed by atoms with Crippen molar-refractivity contribution in [3.63, 3.8) is 0 Å². The number of esters is 1. The number of rotatable bonds is 16. The number of carbonyl (C=O) groups excluding carboxylic acids is 1. The second kappa shape index (κ2) is 19.0. The summed E-state index contributed by atoms with van der Waals surface area (Å²) in [6, 6.07) is 9.79. The van der Waals surface area contributed by atoms with E-state index in [1.165, 1.54) is 25.7 Å². The molecule has 0 atom stereocenters. The van der Waals surface area contributed by atoms with E-state index in [1.54, 1.807) is 0 Å². The molecule has 0 saturated heterocycles. The van der Waals surface area contributed by atoms with Gasteiger partial charge in [-0.15, -0.1) is 0 Å². The quantitative estimate of drug-likeness (QED) is 0.162. The lowest BCUT2D eigenvalue weighted by Crippen LogP contribution is -2.03. The topological polar surface area (TPSA) is 26.3 Å². The van der Waals surface area contributed by atoms with Crippen LogP contribution in [0.15, 0.2) is 78.9 Å². The first kappa shape index (κ1) is 24.7. The lowest BCUT2D eigenvalue weighted by atomic mass is 10.2. The summed E-state index contributed by atoms with van der Waals surface area (Å²) in [6.07, 6.45) is 28.1. The highest BCUT2D eigenvalue weighted by atomic mass is 16.5. The summed E-state index contributed by atoms with van der Waals surface area (Å²) in [5, 5.41) is 0. The number of benzene rings is 1. The Morgan fingerprint density at radius 1 is 0.759 bits per heavy atom. The zero-order valence-electron chi connectivity index (χ0n) is 18.1. The number of carbonyl (C=O) groups is 1. The molecule has 0 saturated carbocycles. The molecule has 0 amide bonds. The Morgan fingerprint density at radius 3 is 1.90 bits per heavy atom. The lowest BCUT2D eigenvalue weighted by molar-refractivity contribution is -0.145. The average molecular weight is 395 g/mol. The summed E-state index contributed by atoms with van der Waals surface area (Å²) >= 11 is 0. The summed E-state index contributed by atoms with van der Waals surface area (Å²) in [5.41, 5.74) is 1.03. The SMILES string of the molecule is CCCCC/C=C\C/C=C\C/C=C\C/C=C\CCCC(=O)OCc1ccccc1. The average Bonchev–Trinajstić information content (AvgIpc) is 2.75. The predicted octanol–water partition coefficient (Wildman–Crippen LogP) is 7.88. The lowest BCUT2D eigenvalue weighted by Gasteiger charge is -2.03. The Hall–Kier alpha value is -2.35. The minimum absolute atomic E-state index is 0.121. The first-order chi connectivity index (χ1) is 14.3. The molecule has 0 N–H and O–H groups in total. The van der Waals surface area contributed by atoms with Crippen molar-refractivity contribution in [2.24, 2.45) is 0 Å². The fraction of sp³-hybridized carbons (Fsp3) is 0.444. The summed E-state index contributed by atoms with van der Waals surface area (Å²) in [5.74, 6) is -0.121. The molecule has 2 heteroatoms. The molecule has 158 valence electrons. The van der Waals surface area contributed by atoms with Gasteiger partial charge in [-0.2, -0.15) is 0 Å². The fourth-order valence-electron chi connectivity index (χ4n) is 2.74. The van der Waals surface area contributed by atoms with E-state index in [2.05, 4.69) is 55.5 Å². The minimum Gasteiger partial charge on any atom is -0.461 e. The number of hydrogen-bond donors (Lipinski definition) is 0. The van der Waals surface area contributed by atoms with Gasteiger partial charge in [0.25, 0.3) is 0 Å². The fourth-order valence-corrected chi connectivity index (χ4v) is 2.74. The molecular formula is C27H38O2. The molecule has 0 aliphatic rings. The standard InChI is InChI=1S/C27H38O2/c1-2-3-4-5-6-7-8-9-10-11-12-13-14-15-16-17-21-24-27(28)29-25-26-22-19-18-20-23-26/h6-7,9-10,12-13,15-16,18-20,22-23H,2-5,8,11,14,17,21,24-25H2,1H3/b7-6-,10-9-,13-12-,16-15-. The molecule has 0 fully saturated rings. The third-order valence-corrected chi connectivity index (χ3v) is 4.45. The minimum atomic E-state index is -0.121. The van der Waals surface area contributed by atoms with Gasteiger partial charge in [0.05, 0.1) is 0 Å². The molecule has 1 rings (SSSR count). The second-order valence-electron chi connectivity index (χ2n) is 7.13. The molecule has 0 aliphatic heterocycles. The van der Waals surface area contributed by atoms with Gasteiger partial charge in [-0.25, -0.2) is 0 Å². The van der Waals surface area contributed by atoms with Crippen LogP contribution >= 0.6 is 0 Å². The van der Waals surface area contributed by atoms with Gasteiger partial charge in [0.2, 0.25) is 0 Å². The zero-order valence-corrected chi connectivity index (χ0v) is 18.1. The van der Waals surface area contributed by atoms with E-state index in [0.717, 1.165) is 37.7 Å². The van der Waals surface area contributed by atoms with Crippen molar-refractivity contribution in [1.29, 1.82) is 0 Å². The summed E-state index contributed by atoms with van der Waals surface area (Å²) in [4.78, 5) is 11.7. The van der Waals surface area contributed by atoms with Crippen LogP contribution in [0.25, 0.3) is 0 Å². The van der Waals surface area contributed by atoms with Gasteiger partial charge in [-0.1, -0.05) is 98.7 Å². The van der Waals surface area contributed by atoms with Gasteiger partial charge < -0.3 is 4.74 Å². The van der Waals surface area contributed by atoms with Gasteiger partial charge in [0, 0.05) is 6.42 Å². The van der Waals surface area contributed by atoms with E-state index >= 15 is 0 Å². The number of hydrogen-bond acceptors (Lipinski definition) is 2. The molecule has 0 aromatic heterocycles. The van der Waals surface area contributed by atoms with Crippen molar-refractivity contribution < 1.29 is 9.53 Å². The van der Waals surface area contributed by atoms with Crippen molar-refractivity contribution in [2.45, 2.75) is 77.7 Å². The van der Waals surface area contributed by atoms with Crippen LogP contribution < -0.4 is 0 Å². The van der Waals surface area contributed by atoms with Crippen LogP contribution in [0.2, 0.25) is 0 Å². The van der Waals surface area contributed by atoms with Crippen LogP contribution in [0.3, 0.4) is 0 Å². The van der Waals surface area contributed by atoms with E-state index in [9.17, 15) is 4.79 Å². The Balaban J connectivity index is 1.94. The van der Waals surface area contributed by atoms with Gasteiger partial charge in [0.1, 0.15) is 6.61 Å². The summed E-state index contributed by atoms with van der Waals surface area (Å²) < 4.78 is 5.27. The smallest absolute Gasteiger partial charge is 0.306 e. The van der Waals surface area contributed by atoms with E-state index in [1.807, 2.05) is 30.3 Å². The van der Waals surface area contributed by atoms with Crippen molar-refractivity contribution >= 4 is 5.97 Å². The number of ether oxygens (including phenoxy) is 1. The molecule has 0 radical (unpaired) electrons. The molecule has 0 spiro atoms. The molecule has 0 aliphatic carbocycles. The van der Waals surface area contributed by atoms with Gasteiger partial charge in [-0.05, 0) is 50.5 Å². The third kappa shape index (κ3) is 16.3. The van der Waals surface area contributed by atoms with Crippen molar-refractivity contribution in [3.8, 4) is 0 Å². The Bertz CT molecular complexity index is 623. The Labute approximate surface area is 178 Å². The molecular weight excluding hydrogens is 356 g/mol. The molecule has 0 bridgehead atoms. The number of allylic oxidation sites excluding steroid dienone is 8. The maximum Gasteiger partial charge on any atom is 0.306 e. The predicted molar refractivity (Wildman–Crippen MR) is 125 cm³/mol. The van der Waals surface area contributed by atoms with Crippen LogP contribution in [0.1, 0.15) is 76.7 Å². The highest BCUT2D eigenvalue weighted by Crippen LogP contribution is 2.05. The summed E-state index contributed by atoms with van der Waals surface area (Å²) in [7, 11) is 0. The van der Waals surface area contributed by atoms with Crippen molar-refractivity contribution in [2.75, 3.05) is 0 Å². The third-order valence-electron chi connectivity index (χ3n) is 4.45. The molecule has 0 heterocycles. The number of unbranched alkanes of at least 4 members (excludes halogenated alkanes) is 4. The van der Waals surface area contributed by atoms with E-state index in [0.29, 0.717) is 13.0 Å². The van der Waals surface area contributed by atoms with Crippen LogP contribution in [0.5, 0.6) is 0 Å². The zero-order chi connectivity index (χ0) is 20.8. The monoisotopic (exact) mass is 394 g/mol. The van der Waals surface area contributed by atoms with Gasteiger partial charge in [-0.3, -0.25) is 4.79 Å². The molecule has 2 nitrogen and oxygen atoms in total. The van der Waals surface area contributed by atoms with Gasteiger partial charge in [0.15, 0.2) is 0 Å². The first-order valence-electron chi connectivity index (χ1n) is 11.1. The molecule has 1 aromatic rings. The largest absolute Gasteiger partial charge is 0.461 e. The molecule has 1 aromatic carbocycles. The van der Waals surface area contributed by atoms with Gasteiger partial charge >= 0.3 is 5.97 Å². The summed E-state index contributed by atoms with van der Waals surface area (Å²) in [6.45, 7) is 2.60.